The van der Waals surface area contributed by atoms with Gasteiger partial charge in [0, 0.05) is 17.5 Å². The molecule has 1 saturated heterocycles. The monoisotopic (exact) mass is 261 g/mol. The fourth-order valence-electron chi connectivity index (χ4n) is 1.74. The molecule has 78 valence electrons. The van der Waals surface area contributed by atoms with Crippen LogP contribution in [0.2, 0.25) is 0 Å². The number of halogens is 3. The van der Waals surface area contributed by atoms with E-state index in [-0.39, 0.29) is 5.54 Å². The maximum atomic E-state index is 6.02. The van der Waals surface area contributed by atoms with Gasteiger partial charge in [-0.15, -0.1) is 0 Å². The van der Waals surface area contributed by atoms with Gasteiger partial charge in [0.05, 0.1) is 5.54 Å². The van der Waals surface area contributed by atoms with E-state index >= 15 is 0 Å². The molecule has 0 aromatic heterocycles. The number of nitrogens with one attached hydrogen (secondary N) is 1. The summed E-state index contributed by atoms with van der Waals surface area (Å²) in [5.74, 6) is 1.09. The molecule has 0 aliphatic carbocycles. The van der Waals surface area contributed by atoms with E-state index in [1.807, 2.05) is 11.8 Å². The fourth-order valence-corrected chi connectivity index (χ4v) is 4.31. The van der Waals surface area contributed by atoms with Gasteiger partial charge >= 0.3 is 0 Å². The molecule has 2 atom stereocenters. The Morgan fingerprint density at radius 1 is 1.54 bits per heavy atom. The van der Waals surface area contributed by atoms with E-state index < -0.39 is 3.79 Å². The normalized spacial score (nSPS) is 36.2. The molecule has 2 unspecified atom stereocenters. The van der Waals surface area contributed by atoms with Crippen LogP contribution in [0.5, 0.6) is 0 Å². The molecule has 13 heavy (non-hydrogen) atoms. The van der Waals surface area contributed by atoms with Crippen LogP contribution in [0.4, 0.5) is 0 Å². The van der Waals surface area contributed by atoms with Crippen LogP contribution in [-0.2, 0) is 0 Å². The summed E-state index contributed by atoms with van der Waals surface area (Å²) in [6, 6.07) is 0. The van der Waals surface area contributed by atoms with E-state index in [0.717, 1.165) is 18.7 Å². The SMILES string of the molecule is CCC1(C(Cl)(Cl)Cl)NCCSC1C. The lowest BCUT2D eigenvalue weighted by molar-refractivity contribution is 0.314. The van der Waals surface area contributed by atoms with Gasteiger partial charge in [0.15, 0.2) is 0 Å². The first-order chi connectivity index (χ1) is 5.94. The molecule has 1 fully saturated rings. The lowest BCUT2D eigenvalue weighted by Crippen LogP contribution is -2.63. The average molecular weight is 263 g/mol. The Morgan fingerprint density at radius 2 is 2.15 bits per heavy atom. The van der Waals surface area contributed by atoms with Crippen molar-refractivity contribution in [1.29, 1.82) is 0 Å². The standard InChI is InChI=1S/C8H14Cl3NS/c1-3-7(8(9,10)11)6(2)13-5-4-12-7/h6,12H,3-5H2,1-2H3. The van der Waals surface area contributed by atoms with Crippen LogP contribution in [0, 0.1) is 0 Å². The molecule has 0 spiro atoms. The Kier molecular flexibility index (Phi) is 4.11. The van der Waals surface area contributed by atoms with E-state index in [1.54, 1.807) is 0 Å². The molecule has 0 radical (unpaired) electrons. The molecule has 0 saturated carbocycles. The predicted molar refractivity (Wildman–Crippen MR) is 63.2 cm³/mol. The van der Waals surface area contributed by atoms with Crippen LogP contribution in [0.1, 0.15) is 20.3 Å². The second-order valence-corrected chi connectivity index (χ2v) is 6.99. The van der Waals surface area contributed by atoms with Crippen molar-refractivity contribution in [2.24, 2.45) is 0 Å². The Morgan fingerprint density at radius 3 is 2.46 bits per heavy atom. The molecule has 5 heteroatoms. The molecule has 1 aliphatic rings. The maximum absolute atomic E-state index is 6.02. The highest BCUT2D eigenvalue weighted by molar-refractivity contribution is 8.00. The smallest absolute Gasteiger partial charge is 0.209 e. The van der Waals surface area contributed by atoms with Crippen LogP contribution in [0.25, 0.3) is 0 Å². The summed E-state index contributed by atoms with van der Waals surface area (Å²) < 4.78 is -1.23. The molecular formula is C8H14Cl3NS. The molecule has 0 bridgehead atoms. The molecule has 0 aromatic carbocycles. The lowest BCUT2D eigenvalue weighted by atomic mass is 9.93. The van der Waals surface area contributed by atoms with E-state index in [9.17, 15) is 0 Å². The van der Waals surface area contributed by atoms with Crippen molar-refractivity contribution in [3.05, 3.63) is 0 Å². The van der Waals surface area contributed by atoms with Crippen LogP contribution >= 0.6 is 46.6 Å². The highest BCUT2D eigenvalue weighted by Crippen LogP contribution is 2.47. The summed E-state index contributed by atoms with van der Waals surface area (Å²) in [5.41, 5.74) is -0.374. The van der Waals surface area contributed by atoms with Gasteiger partial charge in [-0.1, -0.05) is 48.7 Å². The van der Waals surface area contributed by atoms with Gasteiger partial charge in [-0.25, -0.2) is 0 Å². The van der Waals surface area contributed by atoms with E-state index in [0.29, 0.717) is 5.25 Å². The van der Waals surface area contributed by atoms with Crippen LogP contribution in [0.3, 0.4) is 0 Å². The molecule has 1 heterocycles. The van der Waals surface area contributed by atoms with E-state index in [2.05, 4.69) is 19.2 Å². The zero-order valence-electron chi connectivity index (χ0n) is 7.74. The summed E-state index contributed by atoms with van der Waals surface area (Å²) in [6.45, 7) is 5.08. The Bertz CT molecular complexity index is 183. The summed E-state index contributed by atoms with van der Waals surface area (Å²) >= 11 is 19.9. The van der Waals surface area contributed by atoms with Crippen LogP contribution in [0.15, 0.2) is 0 Å². The third kappa shape index (κ3) is 2.23. The highest BCUT2D eigenvalue weighted by Gasteiger charge is 2.51. The first-order valence-electron chi connectivity index (χ1n) is 4.37. The Hall–Kier alpha value is 1.18. The highest BCUT2D eigenvalue weighted by atomic mass is 35.6. The number of rotatable bonds is 1. The minimum atomic E-state index is -1.23. The minimum Gasteiger partial charge on any atom is -0.306 e. The van der Waals surface area contributed by atoms with Gasteiger partial charge < -0.3 is 5.32 Å². The lowest BCUT2D eigenvalue weighted by Gasteiger charge is -2.47. The molecule has 0 amide bonds. The summed E-state index contributed by atoms with van der Waals surface area (Å²) in [7, 11) is 0. The summed E-state index contributed by atoms with van der Waals surface area (Å²) in [5, 5.41) is 3.69. The molecule has 1 rings (SSSR count). The summed E-state index contributed by atoms with van der Waals surface area (Å²) in [4.78, 5) is 0. The molecule has 1 nitrogen and oxygen atoms in total. The van der Waals surface area contributed by atoms with Crippen molar-refractivity contribution in [2.75, 3.05) is 12.3 Å². The van der Waals surface area contributed by atoms with Crippen molar-refractivity contribution in [1.82, 2.24) is 5.32 Å². The largest absolute Gasteiger partial charge is 0.306 e. The quantitative estimate of drug-likeness (QED) is 0.728. The zero-order chi connectivity index (χ0) is 10.1. The molecule has 1 aliphatic heterocycles. The van der Waals surface area contributed by atoms with Crippen LogP contribution in [-0.4, -0.2) is 26.9 Å². The third-order valence-corrected chi connectivity index (χ3v) is 5.02. The van der Waals surface area contributed by atoms with Crippen LogP contribution < -0.4 is 5.32 Å². The Labute approximate surface area is 98.9 Å². The topological polar surface area (TPSA) is 12.0 Å². The van der Waals surface area contributed by atoms with Gasteiger partial charge in [0.1, 0.15) is 0 Å². The number of thioether (sulfide) groups is 1. The van der Waals surface area contributed by atoms with Gasteiger partial charge in [-0.2, -0.15) is 11.8 Å². The predicted octanol–water partition coefficient (Wildman–Crippen LogP) is 3.23. The van der Waals surface area contributed by atoms with Crippen molar-refractivity contribution in [2.45, 2.75) is 34.8 Å². The fraction of sp³-hybridized carbons (Fsp3) is 1.00. The molecule has 1 N–H and O–H groups in total. The average Bonchev–Trinajstić information content (AvgIpc) is 2.03. The molecule has 0 aromatic rings. The van der Waals surface area contributed by atoms with E-state index in [1.165, 1.54) is 0 Å². The first-order valence-corrected chi connectivity index (χ1v) is 6.55. The molecular weight excluding hydrogens is 249 g/mol. The van der Waals surface area contributed by atoms with Crippen molar-refractivity contribution in [3.8, 4) is 0 Å². The second-order valence-electron chi connectivity index (χ2n) is 3.26. The summed E-state index contributed by atoms with van der Waals surface area (Å²) in [6.07, 6.45) is 0.831. The third-order valence-electron chi connectivity index (χ3n) is 2.67. The van der Waals surface area contributed by atoms with Gasteiger partial charge in [-0.3, -0.25) is 0 Å². The van der Waals surface area contributed by atoms with E-state index in [4.69, 9.17) is 34.8 Å². The van der Waals surface area contributed by atoms with Gasteiger partial charge in [0.2, 0.25) is 3.79 Å². The van der Waals surface area contributed by atoms with Gasteiger partial charge in [-0.05, 0) is 6.42 Å². The first kappa shape index (κ1) is 12.3. The second kappa shape index (κ2) is 4.36. The van der Waals surface area contributed by atoms with Crippen molar-refractivity contribution < 1.29 is 0 Å². The Balaban J connectivity index is 2.89. The van der Waals surface area contributed by atoms with Crippen molar-refractivity contribution in [3.63, 3.8) is 0 Å². The maximum Gasteiger partial charge on any atom is 0.209 e. The number of hydrogen-bond donors (Lipinski definition) is 1. The zero-order valence-corrected chi connectivity index (χ0v) is 10.8. The number of hydrogen-bond acceptors (Lipinski definition) is 2. The minimum absolute atomic E-state index is 0.332. The number of alkyl halides is 3. The van der Waals surface area contributed by atoms with Crippen molar-refractivity contribution >= 4 is 46.6 Å². The van der Waals surface area contributed by atoms with Gasteiger partial charge in [0.25, 0.3) is 0 Å².